The molecule has 0 aliphatic carbocycles. The van der Waals surface area contributed by atoms with Gasteiger partial charge in [0.05, 0.1) is 0 Å². The van der Waals surface area contributed by atoms with Crippen molar-refractivity contribution in [2.45, 2.75) is 13.5 Å². The largest absolute Gasteiger partial charge is 0.488 e. The van der Waals surface area contributed by atoms with E-state index in [1.54, 1.807) is 42.5 Å². The van der Waals surface area contributed by atoms with Crippen molar-refractivity contribution < 1.29 is 13.9 Å². The van der Waals surface area contributed by atoms with Crippen LogP contribution >= 0.6 is 11.6 Å². The predicted molar refractivity (Wildman–Crippen MR) is 116 cm³/mol. The average Bonchev–Trinajstić information content (AvgIpc) is 2.74. The molecule has 0 heterocycles. The zero-order chi connectivity index (χ0) is 21.5. The molecule has 3 rings (SSSR count). The highest BCUT2D eigenvalue weighted by molar-refractivity contribution is 6.30. The molecular weight excluding hydrogens is 403 g/mol. The topological polar surface area (TPSA) is 62.1 Å². The Bertz CT molecular complexity index is 1120. The summed E-state index contributed by atoms with van der Waals surface area (Å²) in [6.45, 7) is 2.14. The number of carbonyl (C=O) groups excluding carboxylic acids is 1. The summed E-state index contributed by atoms with van der Waals surface area (Å²) < 4.78 is 18.9. The Labute approximate surface area is 179 Å². The Morgan fingerprint density at radius 1 is 1.13 bits per heavy atom. The number of nitriles is 1. The molecule has 0 spiro atoms. The molecule has 0 unspecified atom stereocenters. The van der Waals surface area contributed by atoms with Crippen LogP contribution in [-0.4, -0.2) is 5.91 Å². The van der Waals surface area contributed by atoms with Crippen molar-refractivity contribution >= 4 is 29.3 Å². The van der Waals surface area contributed by atoms with E-state index in [2.05, 4.69) is 5.32 Å². The van der Waals surface area contributed by atoms with Crippen molar-refractivity contribution in [3.63, 3.8) is 0 Å². The summed E-state index contributed by atoms with van der Waals surface area (Å²) in [5.41, 5.74) is 2.82. The number of hydrogen-bond acceptors (Lipinski definition) is 3. The normalized spacial score (nSPS) is 10.9. The third kappa shape index (κ3) is 5.69. The highest BCUT2D eigenvalue weighted by atomic mass is 35.5. The number of ether oxygens (including phenoxy) is 1. The third-order valence-electron chi connectivity index (χ3n) is 4.25. The first-order valence-corrected chi connectivity index (χ1v) is 9.49. The molecule has 0 radical (unpaired) electrons. The van der Waals surface area contributed by atoms with Crippen LogP contribution in [0.25, 0.3) is 6.08 Å². The number of nitrogens with one attached hydrogen (secondary N) is 1. The van der Waals surface area contributed by atoms with E-state index in [1.165, 1.54) is 18.2 Å². The Hall–Kier alpha value is -3.62. The third-order valence-corrected chi connectivity index (χ3v) is 4.49. The van der Waals surface area contributed by atoms with Crippen molar-refractivity contribution in [1.82, 2.24) is 0 Å². The number of carbonyl (C=O) groups is 1. The van der Waals surface area contributed by atoms with Crippen molar-refractivity contribution in [2.75, 3.05) is 5.32 Å². The smallest absolute Gasteiger partial charge is 0.266 e. The van der Waals surface area contributed by atoms with Crippen molar-refractivity contribution in [3.8, 4) is 11.8 Å². The van der Waals surface area contributed by atoms with Gasteiger partial charge in [0.1, 0.15) is 29.8 Å². The van der Waals surface area contributed by atoms with Gasteiger partial charge in [-0.15, -0.1) is 0 Å². The SMILES string of the molecule is Cc1ccc(NC(=O)/C(C#N)=C/c2cc(Cl)ccc2OCc2ccc(F)cc2)cc1. The van der Waals surface area contributed by atoms with Gasteiger partial charge in [0.15, 0.2) is 0 Å². The first kappa shape index (κ1) is 21.1. The maximum atomic E-state index is 13.1. The van der Waals surface area contributed by atoms with Crippen molar-refractivity contribution in [2.24, 2.45) is 0 Å². The fourth-order valence-electron chi connectivity index (χ4n) is 2.64. The van der Waals surface area contributed by atoms with Gasteiger partial charge in [-0.2, -0.15) is 5.26 Å². The molecule has 0 saturated heterocycles. The number of nitrogens with zero attached hydrogens (tertiary/aromatic N) is 1. The molecule has 0 aromatic heterocycles. The van der Waals surface area contributed by atoms with Gasteiger partial charge < -0.3 is 10.1 Å². The van der Waals surface area contributed by atoms with E-state index < -0.39 is 5.91 Å². The van der Waals surface area contributed by atoms with Crippen LogP contribution in [0.1, 0.15) is 16.7 Å². The second-order valence-corrected chi connectivity index (χ2v) is 7.02. The highest BCUT2D eigenvalue weighted by Crippen LogP contribution is 2.26. The second-order valence-electron chi connectivity index (χ2n) is 6.59. The standard InChI is InChI=1S/C24H18ClFN2O2/c1-16-2-9-22(10-3-16)28-24(29)19(14-27)12-18-13-20(25)6-11-23(18)30-15-17-4-7-21(26)8-5-17/h2-13H,15H2,1H3,(H,28,29)/b19-12+. The van der Waals surface area contributed by atoms with E-state index >= 15 is 0 Å². The molecule has 150 valence electrons. The number of benzene rings is 3. The molecule has 6 heteroatoms. The van der Waals surface area contributed by atoms with E-state index in [4.69, 9.17) is 16.3 Å². The van der Waals surface area contributed by atoms with Crippen LogP contribution in [-0.2, 0) is 11.4 Å². The summed E-state index contributed by atoms with van der Waals surface area (Å²) in [6, 6.07) is 20.0. The van der Waals surface area contributed by atoms with Crippen LogP contribution < -0.4 is 10.1 Å². The molecule has 3 aromatic rings. The molecule has 30 heavy (non-hydrogen) atoms. The Kier molecular flexibility index (Phi) is 6.84. The molecule has 0 fully saturated rings. The van der Waals surface area contributed by atoms with Gasteiger partial charge in [0.25, 0.3) is 5.91 Å². The van der Waals surface area contributed by atoms with Crippen LogP contribution in [0.15, 0.2) is 72.3 Å². The molecule has 1 N–H and O–H groups in total. The maximum Gasteiger partial charge on any atom is 0.266 e. The fourth-order valence-corrected chi connectivity index (χ4v) is 2.83. The van der Waals surface area contributed by atoms with Gasteiger partial charge in [-0.1, -0.05) is 41.4 Å². The number of halogens is 2. The number of rotatable bonds is 6. The zero-order valence-electron chi connectivity index (χ0n) is 16.2. The summed E-state index contributed by atoms with van der Waals surface area (Å²) in [5, 5.41) is 12.6. The minimum absolute atomic E-state index is 0.0931. The molecular formula is C24H18ClFN2O2. The van der Waals surface area contributed by atoms with Gasteiger partial charge in [0, 0.05) is 16.3 Å². The van der Waals surface area contributed by atoms with Crippen LogP contribution in [0.3, 0.4) is 0 Å². The van der Waals surface area contributed by atoms with E-state index in [1.807, 2.05) is 25.1 Å². The number of hydrogen-bond donors (Lipinski definition) is 1. The quantitative estimate of drug-likeness (QED) is 0.398. The van der Waals surface area contributed by atoms with Crippen LogP contribution in [0, 0.1) is 24.1 Å². The Balaban J connectivity index is 1.81. The molecule has 4 nitrogen and oxygen atoms in total. The van der Waals surface area contributed by atoms with Gasteiger partial charge in [-0.3, -0.25) is 4.79 Å². The van der Waals surface area contributed by atoms with Crippen molar-refractivity contribution in [3.05, 3.63) is 99.8 Å². The lowest BCUT2D eigenvalue weighted by atomic mass is 10.1. The summed E-state index contributed by atoms with van der Waals surface area (Å²) in [4.78, 5) is 12.5. The number of anilines is 1. The lowest BCUT2D eigenvalue weighted by molar-refractivity contribution is -0.112. The minimum Gasteiger partial charge on any atom is -0.488 e. The molecule has 0 aliphatic rings. The van der Waals surface area contributed by atoms with Crippen LogP contribution in [0.2, 0.25) is 5.02 Å². The summed E-state index contributed by atoms with van der Waals surface area (Å²) >= 11 is 6.09. The second kappa shape index (κ2) is 9.73. The first-order valence-electron chi connectivity index (χ1n) is 9.11. The molecule has 3 aromatic carbocycles. The Morgan fingerprint density at radius 2 is 1.83 bits per heavy atom. The summed E-state index contributed by atoms with van der Waals surface area (Å²) in [6.07, 6.45) is 1.43. The van der Waals surface area contributed by atoms with E-state index in [0.29, 0.717) is 22.0 Å². The first-order chi connectivity index (χ1) is 14.4. The summed E-state index contributed by atoms with van der Waals surface area (Å²) in [5.74, 6) is -0.419. The van der Waals surface area contributed by atoms with Crippen LogP contribution in [0.5, 0.6) is 5.75 Å². The summed E-state index contributed by atoms with van der Waals surface area (Å²) in [7, 11) is 0. The molecule has 0 aliphatic heterocycles. The minimum atomic E-state index is -0.536. The monoisotopic (exact) mass is 420 g/mol. The van der Waals surface area contributed by atoms with E-state index in [-0.39, 0.29) is 18.0 Å². The molecule has 1 amide bonds. The van der Waals surface area contributed by atoms with Gasteiger partial charge in [-0.05, 0) is 61.0 Å². The van der Waals surface area contributed by atoms with Gasteiger partial charge in [0.2, 0.25) is 0 Å². The maximum absolute atomic E-state index is 13.1. The average molecular weight is 421 g/mol. The lowest BCUT2D eigenvalue weighted by Crippen LogP contribution is -2.13. The van der Waals surface area contributed by atoms with E-state index in [0.717, 1.165) is 11.1 Å². The zero-order valence-corrected chi connectivity index (χ0v) is 16.9. The van der Waals surface area contributed by atoms with E-state index in [9.17, 15) is 14.4 Å². The van der Waals surface area contributed by atoms with Gasteiger partial charge in [-0.25, -0.2) is 4.39 Å². The number of amides is 1. The van der Waals surface area contributed by atoms with Gasteiger partial charge >= 0.3 is 0 Å². The molecule has 0 bridgehead atoms. The lowest BCUT2D eigenvalue weighted by Gasteiger charge is -2.11. The molecule has 0 saturated carbocycles. The number of aryl methyl sites for hydroxylation is 1. The fraction of sp³-hybridized carbons (Fsp3) is 0.0833. The van der Waals surface area contributed by atoms with Crippen molar-refractivity contribution in [1.29, 1.82) is 5.26 Å². The van der Waals surface area contributed by atoms with Crippen LogP contribution in [0.4, 0.5) is 10.1 Å². The highest BCUT2D eigenvalue weighted by Gasteiger charge is 2.12. The molecule has 0 atom stereocenters. The Morgan fingerprint density at radius 3 is 2.50 bits per heavy atom. The predicted octanol–water partition coefficient (Wildman–Crippen LogP) is 5.91.